The summed E-state index contributed by atoms with van der Waals surface area (Å²) in [6.45, 7) is 4.39. The Morgan fingerprint density at radius 1 is 1.65 bits per heavy atom. The van der Waals surface area contributed by atoms with Gasteiger partial charge in [-0.1, -0.05) is 6.92 Å². The van der Waals surface area contributed by atoms with E-state index in [4.69, 9.17) is 5.11 Å². The molecule has 6 nitrogen and oxygen atoms in total. The highest BCUT2D eigenvalue weighted by Crippen LogP contribution is 2.22. The molecule has 0 saturated heterocycles. The highest BCUT2D eigenvalue weighted by molar-refractivity contribution is 5.56. The van der Waals surface area contributed by atoms with Gasteiger partial charge in [0, 0.05) is 25.4 Å². The van der Waals surface area contributed by atoms with Crippen molar-refractivity contribution >= 4 is 11.5 Å². The minimum absolute atomic E-state index is 0.0128. The number of rotatable bonds is 6. The molecule has 0 radical (unpaired) electrons. The third kappa shape index (κ3) is 3.99. The van der Waals surface area contributed by atoms with Gasteiger partial charge >= 0.3 is 5.69 Å². The number of hydrogen-bond acceptors (Lipinski definition) is 5. The number of aryl methyl sites for hydroxylation is 1. The smallest absolute Gasteiger partial charge is 0.311 e. The number of anilines is 1. The first-order chi connectivity index (χ1) is 8.04. The summed E-state index contributed by atoms with van der Waals surface area (Å²) < 4.78 is 0. The molecule has 94 valence electrons. The van der Waals surface area contributed by atoms with Crippen LogP contribution < -0.4 is 5.32 Å². The molecule has 0 aliphatic carbocycles. The van der Waals surface area contributed by atoms with Crippen molar-refractivity contribution in [2.45, 2.75) is 20.3 Å². The van der Waals surface area contributed by atoms with Crippen molar-refractivity contribution in [3.05, 3.63) is 27.9 Å². The van der Waals surface area contributed by atoms with Gasteiger partial charge in [-0.05, 0) is 24.8 Å². The first-order valence-corrected chi connectivity index (χ1v) is 5.50. The van der Waals surface area contributed by atoms with Gasteiger partial charge in [-0.3, -0.25) is 10.1 Å². The Balaban J connectivity index is 2.73. The van der Waals surface area contributed by atoms with Crippen LogP contribution in [0.5, 0.6) is 0 Å². The molecular formula is C11H17N3O3. The molecule has 0 aromatic carbocycles. The van der Waals surface area contributed by atoms with Crippen LogP contribution >= 0.6 is 0 Å². The second-order valence-corrected chi connectivity index (χ2v) is 4.14. The van der Waals surface area contributed by atoms with Crippen LogP contribution in [0.15, 0.2) is 12.3 Å². The molecule has 6 heteroatoms. The molecule has 0 amide bonds. The van der Waals surface area contributed by atoms with Crippen LogP contribution in [0.25, 0.3) is 0 Å². The highest BCUT2D eigenvalue weighted by atomic mass is 16.6. The zero-order valence-electron chi connectivity index (χ0n) is 10.0. The second kappa shape index (κ2) is 6.15. The Kier molecular flexibility index (Phi) is 4.84. The average Bonchev–Trinajstić information content (AvgIpc) is 2.27. The number of aromatic nitrogens is 1. The maximum atomic E-state index is 10.8. The predicted octanol–water partition coefficient (Wildman–Crippen LogP) is 1.73. The van der Waals surface area contributed by atoms with Crippen molar-refractivity contribution < 1.29 is 10.0 Å². The minimum Gasteiger partial charge on any atom is -0.396 e. The summed E-state index contributed by atoms with van der Waals surface area (Å²) in [6.07, 6.45) is 2.25. The van der Waals surface area contributed by atoms with E-state index < -0.39 is 4.92 Å². The standard InChI is InChI=1S/C11H17N3O3/c1-8(3-4-15)6-12-11-10(14(16)17)5-9(2)7-13-11/h5,7-8,15H,3-4,6H2,1-2H3,(H,12,13). The van der Waals surface area contributed by atoms with Crippen LogP contribution in [0.4, 0.5) is 11.5 Å². The molecule has 0 spiro atoms. The van der Waals surface area contributed by atoms with E-state index in [1.165, 1.54) is 6.07 Å². The van der Waals surface area contributed by atoms with E-state index in [1.807, 2.05) is 6.92 Å². The highest BCUT2D eigenvalue weighted by Gasteiger charge is 2.15. The zero-order chi connectivity index (χ0) is 12.8. The van der Waals surface area contributed by atoms with E-state index in [0.29, 0.717) is 13.0 Å². The predicted molar refractivity (Wildman–Crippen MR) is 65.0 cm³/mol. The Hall–Kier alpha value is -1.69. The molecule has 1 rings (SSSR count). The molecule has 1 heterocycles. The number of aliphatic hydroxyl groups excluding tert-OH is 1. The van der Waals surface area contributed by atoms with Gasteiger partial charge in [0.1, 0.15) is 0 Å². The van der Waals surface area contributed by atoms with Gasteiger partial charge in [-0.25, -0.2) is 4.98 Å². The van der Waals surface area contributed by atoms with Crippen molar-refractivity contribution in [3.8, 4) is 0 Å². The Morgan fingerprint density at radius 2 is 2.35 bits per heavy atom. The van der Waals surface area contributed by atoms with Crippen molar-refractivity contribution in [2.75, 3.05) is 18.5 Å². The first kappa shape index (κ1) is 13.4. The third-order valence-corrected chi connectivity index (χ3v) is 2.44. The number of nitrogens with zero attached hydrogens (tertiary/aromatic N) is 2. The van der Waals surface area contributed by atoms with Crippen molar-refractivity contribution in [2.24, 2.45) is 5.92 Å². The van der Waals surface area contributed by atoms with Crippen LogP contribution in [-0.4, -0.2) is 28.2 Å². The largest absolute Gasteiger partial charge is 0.396 e. The molecule has 1 aromatic heterocycles. The maximum absolute atomic E-state index is 10.8. The van der Waals surface area contributed by atoms with Crippen molar-refractivity contribution in [3.63, 3.8) is 0 Å². The SMILES string of the molecule is Cc1cnc(NCC(C)CCO)c([N+](=O)[O-])c1. The van der Waals surface area contributed by atoms with E-state index in [1.54, 1.807) is 13.1 Å². The van der Waals surface area contributed by atoms with Crippen LogP contribution in [0.1, 0.15) is 18.9 Å². The van der Waals surface area contributed by atoms with Crippen molar-refractivity contribution in [1.29, 1.82) is 0 Å². The second-order valence-electron chi connectivity index (χ2n) is 4.14. The lowest BCUT2D eigenvalue weighted by molar-refractivity contribution is -0.384. The quantitative estimate of drug-likeness (QED) is 0.583. The fourth-order valence-corrected chi connectivity index (χ4v) is 1.42. The summed E-state index contributed by atoms with van der Waals surface area (Å²) in [7, 11) is 0. The Morgan fingerprint density at radius 3 is 2.94 bits per heavy atom. The molecule has 1 atom stereocenters. The number of pyridine rings is 1. The minimum atomic E-state index is -0.445. The Bertz CT molecular complexity index is 396. The van der Waals surface area contributed by atoms with E-state index in [9.17, 15) is 10.1 Å². The average molecular weight is 239 g/mol. The summed E-state index contributed by atoms with van der Waals surface area (Å²) in [5.41, 5.74) is 0.742. The van der Waals surface area contributed by atoms with E-state index in [-0.39, 0.29) is 24.0 Å². The molecule has 2 N–H and O–H groups in total. The molecule has 0 fully saturated rings. The van der Waals surface area contributed by atoms with Gasteiger partial charge in [0.15, 0.2) is 0 Å². The van der Waals surface area contributed by atoms with Gasteiger partial charge < -0.3 is 10.4 Å². The van der Waals surface area contributed by atoms with Crippen molar-refractivity contribution in [1.82, 2.24) is 4.98 Å². The van der Waals surface area contributed by atoms with E-state index in [2.05, 4.69) is 10.3 Å². The number of nitrogens with one attached hydrogen (secondary N) is 1. The normalized spacial score (nSPS) is 12.2. The fourth-order valence-electron chi connectivity index (χ4n) is 1.42. The molecule has 17 heavy (non-hydrogen) atoms. The van der Waals surface area contributed by atoms with Crippen LogP contribution in [-0.2, 0) is 0 Å². The summed E-state index contributed by atoms with van der Waals surface area (Å²) in [5.74, 6) is 0.521. The number of aliphatic hydroxyl groups is 1. The molecule has 0 saturated carbocycles. The monoisotopic (exact) mass is 239 g/mol. The van der Waals surface area contributed by atoms with E-state index >= 15 is 0 Å². The summed E-state index contributed by atoms with van der Waals surface area (Å²) in [6, 6.07) is 1.49. The van der Waals surface area contributed by atoms with Gasteiger partial charge in [0.05, 0.1) is 4.92 Å². The summed E-state index contributed by atoms with van der Waals surface area (Å²) >= 11 is 0. The van der Waals surface area contributed by atoms with Gasteiger partial charge in [0.2, 0.25) is 5.82 Å². The lowest BCUT2D eigenvalue weighted by atomic mass is 10.1. The molecule has 0 bridgehead atoms. The first-order valence-electron chi connectivity index (χ1n) is 5.50. The molecular weight excluding hydrogens is 222 g/mol. The topological polar surface area (TPSA) is 88.3 Å². The summed E-state index contributed by atoms with van der Waals surface area (Å²) in [5, 5.41) is 22.5. The molecule has 0 aliphatic heterocycles. The van der Waals surface area contributed by atoms with Gasteiger partial charge in [-0.2, -0.15) is 0 Å². The molecule has 0 aliphatic rings. The number of hydrogen-bond donors (Lipinski definition) is 2. The third-order valence-electron chi connectivity index (χ3n) is 2.44. The Labute approximate surface area is 99.8 Å². The number of nitro groups is 1. The lowest BCUT2D eigenvalue weighted by Gasteiger charge is -2.11. The van der Waals surface area contributed by atoms with Gasteiger partial charge in [0.25, 0.3) is 0 Å². The van der Waals surface area contributed by atoms with Gasteiger partial charge in [-0.15, -0.1) is 0 Å². The molecule has 1 aromatic rings. The molecule has 1 unspecified atom stereocenters. The zero-order valence-corrected chi connectivity index (χ0v) is 10.0. The lowest BCUT2D eigenvalue weighted by Crippen LogP contribution is -2.14. The fraction of sp³-hybridized carbons (Fsp3) is 0.545. The van der Waals surface area contributed by atoms with E-state index in [0.717, 1.165) is 5.56 Å². The van der Waals surface area contributed by atoms with Crippen LogP contribution in [0.3, 0.4) is 0 Å². The van der Waals surface area contributed by atoms with Crippen LogP contribution in [0, 0.1) is 23.0 Å². The maximum Gasteiger partial charge on any atom is 0.311 e. The van der Waals surface area contributed by atoms with Crippen LogP contribution in [0.2, 0.25) is 0 Å². The summed E-state index contributed by atoms with van der Waals surface area (Å²) in [4.78, 5) is 14.4.